The summed E-state index contributed by atoms with van der Waals surface area (Å²) in [6.07, 6.45) is 6.10. The van der Waals surface area contributed by atoms with Crippen LogP contribution >= 0.6 is 0 Å². The van der Waals surface area contributed by atoms with Crippen LogP contribution in [0.4, 0.5) is 15.9 Å². The lowest BCUT2D eigenvalue weighted by Gasteiger charge is -2.33. The maximum Gasteiger partial charge on any atom is 0.242 e. The SMILES string of the molecule is CC(C)c1nccn1CC(=O)N1CCOC(c2ccc(Nc3ccc(F)cn3)cn2)C1. The van der Waals surface area contributed by atoms with Crippen LogP contribution < -0.4 is 5.32 Å². The van der Waals surface area contributed by atoms with Crippen molar-refractivity contribution in [3.05, 3.63) is 66.4 Å². The molecule has 1 fully saturated rings. The molecule has 162 valence electrons. The summed E-state index contributed by atoms with van der Waals surface area (Å²) >= 11 is 0. The number of nitrogens with zero attached hydrogens (tertiary/aromatic N) is 5. The normalized spacial score (nSPS) is 16.5. The van der Waals surface area contributed by atoms with Gasteiger partial charge in [0, 0.05) is 24.9 Å². The van der Waals surface area contributed by atoms with Crippen molar-refractivity contribution in [2.24, 2.45) is 0 Å². The monoisotopic (exact) mass is 424 g/mol. The van der Waals surface area contributed by atoms with Crippen molar-refractivity contribution in [3.8, 4) is 0 Å². The molecule has 4 heterocycles. The lowest BCUT2D eigenvalue weighted by atomic mass is 10.1. The number of imidazole rings is 1. The number of carbonyl (C=O) groups excluding carboxylic acids is 1. The maximum atomic E-state index is 13.0. The smallest absolute Gasteiger partial charge is 0.242 e. The average molecular weight is 424 g/mol. The topological polar surface area (TPSA) is 85.2 Å². The third-order valence-corrected chi connectivity index (χ3v) is 5.10. The van der Waals surface area contributed by atoms with Crippen molar-refractivity contribution in [2.45, 2.75) is 32.4 Å². The van der Waals surface area contributed by atoms with Crippen LogP contribution in [0.3, 0.4) is 0 Å². The van der Waals surface area contributed by atoms with Gasteiger partial charge in [0.15, 0.2) is 0 Å². The number of aromatic nitrogens is 4. The Morgan fingerprint density at radius 1 is 1.23 bits per heavy atom. The number of pyridine rings is 2. The van der Waals surface area contributed by atoms with Crippen molar-refractivity contribution in [3.63, 3.8) is 0 Å². The fraction of sp³-hybridized carbons (Fsp3) is 0.364. The lowest BCUT2D eigenvalue weighted by molar-refractivity contribution is -0.139. The zero-order valence-electron chi connectivity index (χ0n) is 17.5. The number of carbonyl (C=O) groups is 1. The Hall–Kier alpha value is -3.33. The predicted octanol–water partition coefficient (Wildman–Crippen LogP) is 3.28. The molecular weight excluding hydrogens is 399 g/mol. The number of hydrogen-bond donors (Lipinski definition) is 1. The summed E-state index contributed by atoms with van der Waals surface area (Å²) in [7, 11) is 0. The van der Waals surface area contributed by atoms with E-state index in [9.17, 15) is 9.18 Å². The van der Waals surface area contributed by atoms with E-state index in [0.29, 0.717) is 25.5 Å². The van der Waals surface area contributed by atoms with Gasteiger partial charge in [0.2, 0.25) is 5.91 Å². The molecule has 4 rings (SSSR count). The molecular formula is C22H25FN6O2. The Labute approximate surface area is 180 Å². The van der Waals surface area contributed by atoms with E-state index in [1.165, 1.54) is 6.07 Å². The fourth-order valence-corrected chi connectivity index (χ4v) is 3.52. The number of halogens is 1. The molecule has 0 aromatic carbocycles. The van der Waals surface area contributed by atoms with Crippen LogP contribution in [-0.4, -0.2) is 50.0 Å². The van der Waals surface area contributed by atoms with Crippen LogP contribution in [0.25, 0.3) is 0 Å². The number of anilines is 2. The summed E-state index contributed by atoms with van der Waals surface area (Å²) in [5.41, 5.74) is 1.48. The first-order chi connectivity index (χ1) is 15.0. The Balaban J connectivity index is 1.38. The van der Waals surface area contributed by atoms with Crippen LogP contribution in [0.1, 0.15) is 37.4 Å². The van der Waals surface area contributed by atoms with Gasteiger partial charge in [0.25, 0.3) is 0 Å². The van der Waals surface area contributed by atoms with Gasteiger partial charge in [0.1, 0.15) is 30.1 Å². The van der Waals surface area contributed by atoms with E-state index in [2.05, 4.69) is 34.1 Å². The summed E-state index contributed by atoms with van der Waals surface area (Å²) in [6.45, 7) is 5.84. The van der Waals surface area contributed by atoms with E-state index >= 15 is 0 Å². The number of morpholine rings is 1. The van der Waals surface area contributed by atoms with E-state index in [-0.39, 0.29) is 30.3 Å². The number of ether oxygens (including phenoxy) is 1. The number of rotatable bonds is 6. The molecule has 31 heavy (non-hydrogen) atoms. The molecule has 1 N–H and O–H groups in total. The first kappa shape index (κ1) is 20.9. The third kappa shape index (κ3) is 5.05. The molecule has 1 saturated heterocycles. The molecule has 3 aromatic heterocycles. The van der Waals surface area contributed by atoms with E-state index in [4.69, 9.17) is 4.74 Å². The molecule has 3 aromatic rings. The van der Waals surface area contributed by atoms with Gasteiger partial charge < -0.3 is 19.5 Å². The molecule has 0 saturated carbocycles. The molecule has 0 radical (unpaired) electrons. The van der Waals surface area contributed by atoms with Gasteiger partial charge in [-0.1, -0.05) is 13.8 Å². The molecule has 1 unspecified atom stereocenters. The highest BCUT2D eigenvalue weighted by atomic mass is 19.1. The third-order valence-electron chi connectivity index (χ3n) is 5.10. The molecule has 1 atom stereocenters. The first-order valence-corrected chi connectivity index (χ1v) is 10.2. The van der Waals surface area contributed by atoms with Gasteiger partial charge in [-0.15, -0.1) is 0 Å². The zero-order valence-corrected chi connectivity index (χ0v) is 17.5. The minimum atomic E-state index is -0.388. The predicted molar refractivity (Wildman–Crippen MR) is 113 cm³/mol. The van der Waals surface area contributed by atoms with Crippen LogP contribution in [-0.2, 0) is 16.1 Å². The van der Waals surface area contributed by atoms with Gasteiger partial charge in [-0.2, -0.15) is 0 Å². The Morgan fingerprint density at radius 2 is 2.10 bits per heavy atom. The van der Waals surface area contributed by atoms with E-state index in [0.717, 1.165) is 23.4 Å². The van der Waals surface area contributed by atoms with Crippen LogP contribution in [0.2, 0.25) is 0 Å². The second kappa shape index (κ2) is 9.22. The molecule has 1 aliphatic rings. The Bertz CT molecular complexity index is 1020. The van der Waals surface area contributed by atoms with Gasteiger partial charge in [-0.05, 0) is 24.3 Å². The summed E-state index contributed by atoms with van der Waals surface area (Å²) in [4.78, 5) is 27.5. The first-order valence-electron chi connectivity index (χ1n) is 10.2. The largest absolute Gasteiger partial charge is 0.368 e. The van der Waals surface area contributed by atoms with Gasteiger partial charge in [-0.25, -0.2) is 14.4 Å². The van der Waals surface area contributed by atoms with Crippen molar-refractivity contribution >= 4 is 17.4 Å². The summed E-state index contributed by atoms with van der Waals surface area (Å²) in [5.74, 6) is 1.33. The summed E-state index contributed by atoms with van der Waals surface area (Å²) in [5, 5.41) is 3.07. The second-order valence-corrected chi connectivity index (χ2v) is 7.73. The highest BCUT2D eigenvalue weighted by molar-refractivity contribution is 5.76. The van der Waals surface area contributed by atoms with Gasteiger partial charge >= 0.3 is 0 Å². The molecule has 1 amide bonds. The quantitative estimate of drug-likeness (QED) is 0.654. The Morgan fingerprint density at radius 3 is 2.81 bits per heavy atom. The minimum Gasteiger partial charge on any atom is -0.368 e. The van der Waals surface area contributed by atoms with E-state index < -0.39 is 0 Å². The van der Waals surface area contributed by atoms with Crippen LogP contribution in [0, 0.1) is 5.82 Å². The fourth-order valence-electron chi connectivity index (χ4n) is 3.52. The number of amides is 1. The van der Waals surface area contributed by atoms with Crippen LogP contribution in [0.15, 0.2) is 49.1 Å². The highest BCUT2D eigenvalue weighted by Gasteiger charge is 2.26. The van der Waals surface area contributed by atoms with Crippen molar-refractivity contribution < 1.29 is 13.9 Å². The standard InChI is InChI=1S/C22H25FN6O2/c1-15(2)22-24-7-8-29(22)14-21(30)28-9-10-31-19(13-28)18-5-4-17(12-25-18)27-20-6-3-16(23)11-26-20/h3-8,11-12,15,19H,9-10,13-14H2,1-2H3,(H,26,27). The molecule has 9 heteroatoms. The average Bonchev–Trinajstić information content (AvgIpc) is 3.24. The summed E-state index contributed by atoms with van der Waals surface area (Å²) in [6, 6.07) is 6.61. The van der Waals surface area contributed by atoms with Crippen molar-refractivity contribution in [1.82, 2.24) is 24.4 Å². The van der Waals surface area contributed by atoms with E-state index in [1.54, 1.807) is 18.5 Å². The molecule has 0 aliphatic carbocycles. The minimum absolute atomic E-state index is 0.0360. The molecule has 0 bridgehead atoms. The molecule has 8 nitrogen and oxygen atoms in total. The van der Waals surface area contributed by atoms with Crippen molar-refractivity contribution in [1.29, 1.82) is 0 Å². The van der Waals surface area contributed by atoms with Gasteiger partial charge in [0.05, 0.1) is 36.9 Å². The van der Waals surface area contributed by atoms with Crippen molar-refractivity contribution in [2.75, 3.05) is 25.0 Å². The zero-order chi connectivity index (χ0) is 21.8. The molecule has 1 aliphatic heterocycles. The summed E-state index contributed by atoms with van der Waals surface area (Å²) < 4.78 is 20.7. The lowest BCUT2D eigenvalue weighted by Crippen LogP contribution is -2.44. The van der Waals surface area contributed by atoms with Crippen LogP contribution in [0.5, 0.6) is 0 Å². The van der Waals surface area contributed by atoms with Gasteiger partial charge in [-0.3, -0.25) is 9.78 Å². The second-order valence-electron chi connectivity index (χ2n) is 7.73. The number of hydrogen-bond acceptors (Lipinski definition) is 6. The number of nitrogens with one attached hydrogen (secondary N) is 1. The van der Waals surface area contributed by atoms with E-state index in [1.807, 2.05) is 27.8 Å². The highest BCUT2D eigenvalue weighted by Crippen LogP contribution is 2.23. The molecule has 0 spiro atoms. The Kier molecular flexibility index (Phi) is 6.22. The maximum absolute atomic E-state index is 13.0.